The van der Waals surface area contributed by atoms with E-state index in [0.717, 1.165) is 19.4 Å². The Bertz CT molecular complexity index is 152. The molecule has 90 valence electrons. The summed E-state index contributed by atoms with van der Waals surface area (Å²) in [5.41, 5.74) is 0. The molecule has 0 saturated carbocycles. The number of carbonyl (C=O) groups is 1. The molecule has 0 spiro atoms. The minimum atomic E-state index is -0.190. The molecule has 0 aliphatic heterocycles. The van der Waals surface area contributed by atoms with E-state index in [9.17, 15) is 4.79 Å². The Balaban J connectivity index is 3.01. The van der Waals surface area contributed by atoms with E-state index >= 15 is 0 Å². The molecule has 15 heavy (non-hydrogen) atoms. The van der Waals surface area contributed by atoms with Crippen LogP contribution in [0.3, 0.4) is 0 Å². The van der Waals surface area contributed by atoms with E-state index in [1.54, 1.807) is 7.11 Å². The van der Waals surface area contributed by atoms with Crippen LogP contribution in [0.1, 0.15) is 19.3 Å². The highest BCUT2D eigenvalue weighted by atomic mass is 32.1. The number of hydrogen-bond acceptors (Lipinski definition) is 5. The van der Waals surface area contributed by atoms with Crippen LogP contribution in [0.15, 0.2) is 0 Å². The van der Waals surface area contributed by atoms with Crippen molar-refractivity contribution < 1.29 is 19.0 Å². The second-order valence-corrected chi connectivity index (χ2v) is 3.45. The number of esters is 1. The Morgan fingerprint density at radius 3 is 2.40 bits per heavy atom. The summed E-state index contributed by atoms with van der Waals surface area (Å²) in [6.45, 7) is 2.46. The fourth-order valence-electron chi connectivity index (χ4n) is 0.918. The molecule has 0 rings (SSSR count). The molecule has 0 aliphatic carbocycles. The first kappa shape index (κ1) is 14.7. The van der Waals surface area contributed by atoms with Crippen molar-refractivity contribution >= 4 is 18.6 Å². The number of methoxy groups -OCH3 is 1. The van der Waals surface area contributed by atoms with Crippen LogP contribution >= 0.6 is 12.6 Å². The molecule has 0 unspecified atom stereocenters. The molecule has 0 aliphatic rings. The van der Waals surface area contributed by atoms with Gasteiger partial charge in [0.15, 0.2) is 0 Å². The van der Waals surface area contributed by atoms with Crippen LogP contribution in [0.25, 0.3) is 0 Å². The van der Waals surface area contributed by atoms with Gasteiger partial charge >= 0.3 is 5.97 Å². The summed E-state index contributed by atoms with van der Waals surface area (Å²) in [5, 5.41) is 0. The molecule has 0 heterocycles. The van der Waals surface area contributed by atoms with Gasteiger partial charge in [-0.3, -0.25) is 4.79 Å². The third-order valence-electron chi connectivity index (χ3n) is 1.65. The van der Waals surface area contributed by atoms with Gasteiger partial charge in [0.25, 0.3) is 0 Å². The largest absolute Gasteiger partial charge is 0.466 e. The van der Waals surface area contributed by atoms with E-state index in [4.69, 9.17) is 14.2 Å². The van der Waals surface area contributed by atoms with E-state index in [2.05, 4.69) is 12.6 Å². The Morgan fingerprint density at radius 2 is 1.80 bits per heavy atom. The summed E-state index contributed by atoms with van der Waals surface area (Å²) in [6, 6.07) is 0. The maximum atomic E-state index is 10.9. The molecule has 0 aromatic heterocycles. The first-order valence-corrected chi connectivity index (χ1v) is 5.77. The second kappa shape index (κ2) is 11.8. The quantitative estimate of drug-likeness (QED) is 0.353. The van der Waals surface area contributed by atoms with Crippen LogP contribution in [0, 0.1) is 0 Å². The van der Waals surface area contributed by atoms with Crippen LogP contribution in [0.2, 0.25) is 0 Å². The predicted molar refractivity (Wildman–Crippen MR) is 61.4 cm³/mol. The van der Waals surface area contributed by atoms with Crippen molar-refractivity contribution in [3.63, 3.8) is 0 Å². The van der Waals surface area contributed by atoms with Crippen LogP contribution in [-0.4, -0.2) is 45.3 Å². The zero-order valence-electron chi connectivity index (χ0n) is 9.24. The molecule has 0 aromatic carbocycles. The summed E-state index contributed by atoms with van der Waals surface area (Å²) < 4.78 is 15.1. The molecule has 0 saturated heterocycles. The fourth-order valence-corrected chi connectivity index (χ4v) is 1.10. The summed E-state index contributed by atoms with van der Waals surface area (Å²) >= 11 is 3.93. The summed E-state index contributed by atoms with van der Waals surface area (Å²) in [5.74, 6) is 0.344. The zero-order chi connectivity index (χ0) is 11.4. The van der Waals surface area contributed by atoms with E-state index in [1.807, 2.05) is 0 Å². The van der Waals surface area contributed by atoms with Crippen LogP contribution in [-0.2, 0) is 19.0 Å². The fraction of sp³-hybridized carbons (Fsp3) is 0.900. The molecule has 0 bridgehead atoms. The Morgan fingerprint density at radius 1 is 1.13 bits per heavy atom. The van der Waals surface area contributed by atoms with Gasteiger partial charge < -0.3 is 14.2 Å². The second-order valence-electron chi connectivity index (χ2n) is 3.01. The Labute approximate surface area is 96.7 Å². The minimum absolute atomic E-state index is 0.190. The van der Waals surface area contributed by atoms with Gasteiger partial charge in [-0.05, 0) is 6.42 Å². The van der Waals surface area contributed by atoms with Gasteiger partial charge in [0, 0.05) is 39.1 Å². The molecule has 0 radical (unpaired) electrons. The lowest BCUT2D eigenvalue weighted by Gasteiger charge is -2.05. The maximum Gasteiger partial charge on any atom is 0.306 e. The summed E-state index contributed by atoms with van der Waals surface area (Å²) in [7, 11) is 1.67. The van der Waals surface area contributed by atoms with E-state index in [1.165, 1.54) is 0 Å². The van der Waals surface area contributed by atoms with Crippen LogP contribution < -0.4 is 0 Å². The minimum Gasteiger partial charge on any atom is -0.466 e. The lowest BCUT2D eigenvalue weighted by atomic mass is 10.4. The van der Waals surface area contributed by atoms with Crippen molar-refractivity contribution in [1.82, 2.24) is 0 Å². The monoisotopic (exact) mass is 236 g/mol. The van der Waals surface area contributed by atoms with Gasteiger partial charge in [-0.25, -0.2) is 0 Å². The average molecular weight is 236 g/mol. The average Bonchev–Trinajstić information content (AvgIpc) is 2.22. The first-order chi connectivity index (χ1) is 7.31. The first-order valence-electron chi connectivity index (χ1n) is 5.14. The number of rotatable bonds is 10. The zero-order valence-corrected chi connectivity index (χ0v) is 10.1. The number of hydrogen-bond donors (Lipinski definition) is 1. The van der Waals surface area contributed by atoms with Gasteiger partial charge in [0.2, 0.25) is 0 Å². The summed E-state index contributed by atoms with van der Waals surface area (Å²) in [6.07, 6.45) is 2.01. The van der Waals surface area contributed by atoms with Crippen molar-refractivity contribution in [3.05, 3.63) is 0 Å². The van der Waals surface area contributed by atoms with Crippen LogP contribution in [0.5, 0.6) is 0 Å². The number of thiol groups is 1. The molecular formula is C10H20O4S. The predicted octanol–water partition coefficient (Wildman–Crippen LogP) is 1.29. The van der Waals surface area contributed by atoms with E-state index in [-0.39, 0.29) is 5.97 Å². The van der Waals surface area contributed by atoms with Gasteiger partial charge in [-0.15, -0.1) is 0 Å². The van der Waals surface area contributed by atoms with Crippen molar-refractivity contribution in [1.29, 1.82) is 0 Å². The molecule has 0 amide bonds. The molecule has 0 fully saturated rings. The van der Waals surface area contributed by atoms with Crippen molar-refractivity contribution in [2.24, 2.45) is 0 Å². The number of ether oxygens (including phenoxy) is 3. The molecule has 0 aromatic rings. The molecular weight excluding hydrogens is 216 g/mol. The van der Waals surface area contributed by atoms with Gasteiger partial charge in [0.1, 0.15) is 0 Å². The van der Waals surface area contributed by atoms with E-state index in [0.29, 0.717) is 32.0 Å². The van der Waals surface area contributed by atoms with Crippen LogP contribution in [0.4, 0.5) is 0 Å². The van der Waals surface area contributed by atoms with Gasteiger partial charge in [-0.2, -0.15) is 12.6 Å². The van der Waals surface area contributed by atoms with E-state index < -0.39 is 0 Å². The highest BCUT2D eigenvalue weighted by molar-refractivity contribution is 7.80. The normalized spacial score (nSPS) is 10.3. The lowest BCUT2D eigenvalue weighted by Crippen LogP contribution is -2.09. The molecule has 0 atom stereocenters. The Hall–Kier alpha value is -0.260. The highest BCUT2D eigenvalue weighted by Crippen LogP contribution is 1.92. The topological polar surface area (TPSA) is 44.8 Å². The molecule has 5 heteroatoms. The van der Waals surface area contributed by atoms with Gasteiger partial charge in [0.05, 0.1) is 13.0 Å². The summed E-state index contributed by atoms with van der Waals surface area (Å²) in [4.78, 5) is 10.9. The smallest absolute Gasteiger partial charge is 0.306 e. The lowest BCUT2D eigenvalue weighted by molar-refractivity contribution is -0.143. The molecule has 4 nitrogen and oxygen atoms in total. The standard InChI is InChI=1S/C10H20O4S/c1-12-5-2-6-13-7-3-8-14-10(11)4-9-15/h15H,2-9H2,1H3. The van der Waals surface area contributed by atoms with Gasteiger partial charge in [-0.1, -0.05) is 0 Å². The Kier molecular flexibility index (Phi) is 11.6. The third kappa shape index (κ3) is 11.7. The highest BCUT2D eigenvalue weighted by Gasteiger charge is 1.99. The SMILES string of the molecule is COCCCOCCCOC(=O)CCS. The third-order valence-corrected chi connectivity index (χ3v) is 1.87. The van der Waals surface area contributed by atoms with Crippen molar-refractivity contribution in [3.8, 4) is 0 Å². The number of carbonyl (C=O) groups excluding carboxylic acids is 1. The maximum absolute atomic E-state index is 10.9. The van der Waals surface area contributed by atoms with Crippen molar-refractivity contribution in [2.75, 3.05) is 39.3 Å². The van der Waals surface area contributed by atoms with Crippen molar-refractivity contribution in [2.45, 2.75) is 19.3 Å². The molecule has 0 N–H and O–H groups in total.